The summed E-state index contributed by atoms with van der Waals surface area (Å²) in [6.45, 7) is 15.5. The normalized spacial score (nSPS) is 24.9. The Morgan fingerprint density at radius 3 is 2.00 bits per heavy atom. The molecule has 0 aromatic carbocycles. The van der Waals surface area contributed by atoms with E-state index in [1.54, 1.807) is 0 Å². The van der Waals surface area contributed by atoms with Crippen LogP contribution >= 0.6 is 0 Å². The molecule has 1 amide bonds. The average molecular weight is 279 g/mol. The van der Waals surface area contributed by atoms with E-state index < -0.39 is 0 Å². The van der Waals surface area contributed by atoms with Gasteiger partial charge in [-0.25, -0.2) is 0 Å². The van der Waals surface area contributed by atoms with Crippen molar-refractivity contribution in [2.75, 3.05) is 13.1 Å². The van der Waals surface area contributed by atoms with Crippen LogP contribution in [0, 0.1) is 28.6 Å². The molecule has 1 spiro atoms. The highest BCUT2D eigenvalue weighted by Gasteiger charge is 2.49. The second kappa shape index (κ2) is 5.35. The van der Waals surface area contributed by atoms with E-state index in [0.717, 1.165) is 19.0 Å². The van der Waals surface area contributed by atoms with E-state index in [9.17, 15) is 4.79 Å². The summed E-state index contributed by atoms with van der Waals surface area (Å²) in [5.41, 5.74) is 1.04. The van der Waals surface area contributed by atoms with Gasteiger partial charge in [-0.1, -0.05) is 41.5 Å². The van der Waals surface area contributed by atoms with Gasteiger partial charge in [0, 0.05) is 19.0 Å². The van der Waals surface area contributed by atoms with Crippen molar-refractivity contribution in [1.82, 2.24) is 4.90 Å². The number of hydrogen-bond acceptors (Lipinski definition) is 1. The van der Waals surface area contributed by atoms with Gasteiger partial charge in [0.1, 0.15) is 0 Å². The molecule has 1 unspecified atom stereocenters. The quantitative estimate of drug-likeness (QED) is 0.736. The van der Waals surface area contributed by atoms with Gasteiger partial charge < -0.3 is 4.90 Å². The lowest BCUT2D eigenvalue weighted by Crippen LogP contribution is -2.52. The molecule has 2 nitrogen and oxygen atoms in total. The predicted octanol–water partition coefficient (Wildman–Crippen LogP) is 4.34. The fraction of sp³-hybridized carbons (Fsp3) is 0.944. The van der Waals surface area contributed by atoms with Gasteiger partial charge in [0.2, 0.25) is 5.91 Å². The van der Waals surface area contributed by atoms with Crippen molar-refractivity contribution < 1.29 is 4.79 Å². The van der Waals surface area contributed by atoms with Crippen LogP contribution in [0.15, 0.2) is 0 Å². The molecule has 2 heteroatoms. The molecular weight excluding hydrogens is 246 g/mol. The van der Waals surface area contributed by atoms with Crippen LogP contribution in [0.2, 0.25) is 0 Å². The van der Waals surface area contributed by atoms with Crippen LogP contribution in [-0.2, 0) is 4.79 Å². The van der Waals surface area contributed by atoms with Crippen LogP contribution in [-0.4, -0.2) is 23.9 Å². The van der Waals surface area contributed by atoms with E-state index >= 15 is 0 Å². The van der Waals surface area contributed by atoms with E-state index in [4.69, 9.17) is 0 Å². The summed E-state index contributed by atoms with van der Waals surface area (Å²) in [6, 6.07) is 0. The molecule has 1 saturated carbocycles. The lowest BCUT2D eigenvalue weighted by molar-refractivity contribution is -0.141. The van der Waals surface area contributed by atoms with Gasteiger partial charge in [0.05, 0.1) is 0 Å². The van der Waals surface area contributed by atoms with Crippen molar-refractivity contribution in [2.24, 2.45) is 28.6 Å². The third-order valence-corrected chi connectivity index (χ3v) is 6.11. The van der Waals surface area contributed by atoms with Gasteiger partial charge >= 0.3 is 0 Å². The summed E-state index contributed by atoms with van der Waals surface area (Å²) >= 11 is 0. The summed E-state index contributed by atoms with van der Waals surface area (Å²) in [6.07, 6.45) is 5.24. The molecule has 2 rings (SSSR count). The molecule has 1 heterocycles. The molecule has 20 heavy (non-hydrogen) atoms. The maximum atomic E-state index is 12.4. The summed E-state index contributed by atoms with van der Waals surface area (Å²) < 4.78 is 0. The fourth-order valence-electron chi connectivity index (χ4n) is 3.78. The smallest absolute Gasteiger partial charge is 0.225 e. The van der Waals surface area contributed by atoms with Gasteiger partial charge in [0.15, 0.2) is 0 Å². The molecule has 2 fully saturated rings. The lowest BCUT2D eigenvalue weighted by Gasteiger charge is -2.56. The van der Waals surface area contributed by atoms with E-state index in [1.807, 2.05) is 0 Å². The molecule has 1 aliphatic carbocycles. The van der Waals surface area contributed by atoms with Crippen LogP contribution in [0.4, 0.5) is 0 Å². The van der Waals surface area contributed by atoms with Gasteiger partial charge in [-0.3, -0.25) is 4.79 Å². The van der Waals surface area contributed by atoms with Crippen LogP contribution in [0.1, 0.15) is 67.2 Å². The molecule has 0 aromatic heterocycles. The molecule has 1 aliphatic heterocycles. The Hall–Kier alpha value is -0.530. The van der Waals surface area contributed by atoms with Crippen molar-refractivity contribution >= 4 is 5.91 Å². The molecule has 0 N–H and O–H groups in total. The maximum absolute atomic E-state index is 12.4. The van der Waals surface area contributed by atoms with Crippen molar-refractivity contribution in [2.45, 2.75) is 67.2 Å². The molecule has 116 valence electrons. The SMILES string of the molecule is CC(C)C(C)C(=O)N1CCC2(CC1)CC(C(C)(C)C)C2. The van der Waals surface area contributed by atoms with Crippen LogP contribution in [0.25, 0.3) is 0 Å². The minimum absolute atomic E-state index is 0.174. The Morgan fingerprint density at radius 2 is 1.60 bits per heavy atom. The van der Waals surface area contributed by atoms with Crippen LogP contribution in [0.3, 0.4) is 0 Å². The first-order valence-corrected chi connectivity index (χ1v) is 8.43. The van der Waals surface area contributed by atoms with Crippen LogP contribution in [0.5, 0.6) is 0 Å². The zero-order valence-corrected chi connectivity index (χ0v) is 14.3. The fourth-order valence-corrected chi connectivity index (χ4v) is 3.78. The predicted molar refractivity (Wildman–Crippen MR) is 84.4 cm³/mol. The van der Waals surface area contributed by atoms with Crippen molar-refractivity contribution in [1.29, 1.82) is 0 Å². The molecule has 0 bridgehead atoms. The number of nitrogens with zero attached hydrogens (tertiary/aromatic N) is 1. The zero-order valence-electron chi connectivity index (χ0n) is 14.3. The number of likely N-dealkylation sites (tertiary alicyclic amines) is 1. The number of carbonyl (C=O) groups is 1. The first-order chi connectivity index (χ1) is 9.15. The Morgan fingerprint density at radius 1 is 1.10 bits per heavy atom. The van der Waals surface area contributed by atoms with Crippen molar-refractivity contribution in [3.05, 3.63) is 0 Å². The van der Waals surface area contributed by atoms with Gasteiger partial charge in [-0.15, -0.1) is 0 Å². The van der Waals surface area contributed by atoms with Crippen molar-refractivity contribution in [3.8, 4) is 0 Å². The second-order valence-corrected chi connectivity index (χ2v) is 8.83. The highest BCUT2D eigenvalue weighted by molar-refractivity contribution is 5.78. The molecule has 0 radical (unpaired) electrons. The Bertz CT molecular complexity index is 350. The van der Waals surface area contributed by atoms with Gasteiger partial charge in [-0.05, 0) is 48.3 Å². The first kappa shape index (κ1) is 15.9. The van der Waals surface area contributed by atoms with E-state index in [1.165, 1.54) is 25.7 Å². The number of rotatable bonds is 2. The average Bonchev–Trinajstić information content (AvgIpc) is 2.33. The third kappa shape index (κ3) is 3.04. The van der Waals surface area contributed by atoms with E-state index in [-0.39, 0.29) is 5.92 Å². The van der Waals surface area contributed by atoms with Gasteiger partial charge in [0.25, 0.3) is 0 Å². The lowest BCUT2D eigenvalue weighted by atomic mass is 9.52. The largest absolute Gasteiger partial charge is 0.342 e. The van der Waals surface area contributed by atoms with Crippen LogP contribution < -0.4 is 0 Å². The minimum Gasteiger partial charge on any atom is -0.342 e. The first-order valence-electron chi connectivity index (χ1n) is 8.43. The summed E-state index contributed by atoms with van der Waals surface area (Å²) in [4.78, 5) is 14.5. The Balaban J connectivity index is 1.84. The molecular formula is C18H33NO. The van der Waals surface area contributed by atoms with Crippen molar-refractivity contribution in [3.63, 3.8) is 0 Å². The molecule has 1 saturated heterocycles. The Kier molecular flexibility index (Phi) is 4.24. The topological polar surface area (TPSA) is 20.3 Å². The summed E-state index contributed by atoms with van der Waals surface area (Å²) in [5.74, 6) is 1.89. The highest BCUT2D eigenvalue weighted by atomic mass is 16.2. The number of piperidine rings is 1. The minimum atomic E-state index is 0.174. The third-order valence-electron chi connectivity index (χ3n) is 6.11. The monoisotopic (exact) mass is 279 g/mol. The maximum Gasteiger partial charge on any atom is 0.225 e. The molecule has 2 aliphatic rings. The van der Waals surface area contributed by atoms with Gasteiger partial charge in [-0.2, -0.15) is 0 Å². The standard InChI is InChI=1S/C18H33NO/c1-13(2)14(3)16(20)19-9-7-18(8-10-19)11-15(12-18)17(4,5)6/h13-15H,7-12H2,1-6H3. The second-order valence-electron chi connectivity index (χ2n) is 8.83. The summed E-state index contributed by atoms with van der Waals surface area (Å²) in [5, 5.41) is 0. The molecule has 1 atom stereocenters. The zero-order chi connectivity index (χ0) is 15.1. The summed E-state index contributed by atoms with van der Waals surface area (Å²) in [7, 11) is 0. The molecule has 0 aromatic rings. The Labute approximate surface area is 125 Å². The number of amides is 1. The number of hydrogen-bond donors (Lipinski definition) is 0. The van der Waals surface area contributed by atoms with E-state index in [2.05, 4.69) is 46.4 Å². The van der Waals surface area contributed by atoms with E-state index in [0.29, 0.717) is 22.7 Å². The highest BCUT2D eigenvalue weighted by Crippen LogP contribution is 2.57. The number of carbonyl (C=O) groups excluding carboxylic acids is 1.